The summed E-state index contributed by atoms with van der Waals surface area (Å²) >= 11 is 0. The predicted octanol–water partition coefficient (Wildman–Crippen LogP) is 6.61. The fourth-order valence-corrected chi connectivity index (χ4v) is 7.69. The fourth-order valence-electron chi connectivity index (χ4n) is 4.42. The Bertz CT molecular complexity index is 1150. The molecule has 0 aliphatic carbocycles. The van der Waals surface area contributed by atoms with Crippen LogP contribution in [0.2, 0.25) is 18.1 Å². The van der Waals surface area contributed by atoms with E-state index in [9.17, 15) is 0 Å². The van der Waals surface area contributed by atoms with Crippen molar-refractivity contribution in [2.24, 2.45) is 0 Å². The minimum absolute atomic E-state index is 0.00596. The zero-order valence-corrected chi connectivity index (χ0v) is 26.6. The molecule has 0 fully saturated rings. The Morgan fingerprint density at radius 3 is 1.49 bits per heavy atom. The maximum atomic E-state index is 7.18. The number of hydrogen-bond donors (Lipinski definition) is 0. The van der Waals surface area contributed by atoms with Crippen LogP contribution in [0, 0.1) is 6.92 Å². The van der Waals surface area contributed by atoms with Gasteiger partial charge in [-0.05, 0) is 40.8 Å². The highest BCUT2D eigenvalue weighted by Gasteiger charge is 2.42. The van der Waals surface area contributed by atoms with Crippen molar-refractivity contribution in [3.05, 3.63) is 71.8 Å². The van der Waals surface area contributed by atoms with Crippen molar-refractivity contribution in [3.63, 3.8) is 0 Å². The first-order valence-corrected chi connectivity index (χ1v) is 17.5. The van der Waals surface area contributed by atoms with Gasteiger partial charge >= 0.3 is 0 Å². The normalized spacial score (nSPS) is 12.4. The van der Waals surface area contributed by atoms with E-state index < -0.39 is 17.4 Å². The van der Waals surface area contributed by atoms with Crippen LogP contribution in [0.5, 0.6) is 23.0 Å². The van der Waals surface area contributed by atoms with Crippen LogP contribution in [0.1, 0.15) is 52.7 Å². The third-order valence-electron chi connectivity index (χ3n) is 7.32. The molecule has 37 heavy (non-hydrogen) atoms. The lowest BCUT2D eigenvalue weighted by molar-refractivity contribution is 0.338. The minimum atomic E-state index is -2.22. The molecule has 0 aliphatic heterocycles. The third-order valence-corrected chi connectivity index (χ3v) is 14.1. The van der Waals surface area contributed by atoms with Gasteiger partial charge in [-0.3, -0.25) is 0 Å². The van der Waals surface area contributed by atoms with Crippen molar-refractivity contribution < 1.29 is 18.3 Å². The lowest BCUT2D eigenvalue weighted by atomic mass is 9.82. The highest BCUT2D eigenvalue weighted by atomic mass is 28.4. The molecule has 0 atom stereocenters. The molecular weight excluding hydrogens is 493 g/mol. The molecule has 200 valence electrons. The number of methoxy groups -OCH3 is 2. The summed E-state index contributed by atoms with van der Waals surface area (Å²) in [6.07, 6.45) is 0. The first-order valence-electron chi connectivity index (χ1n) is 13.0. The molecule has 0 saturated carbocycles. The topological polar surface area (TPSA) is 36.9 Å². The molecule has 0 spiro atoms. The van der Waals surface area contributed by atoms with E-state index in [1.165, 1.54) is 10.4 Å². The fraction of sp³-hybridized carbons (Fsp3) is 0.419. The van der Waals surface area contributed by atoms with Gasteiger partial charge in [0.1, 0.15) is 0 Å². The van der Waals surface area contributed by atoms with Crippen LogP contribution < -0.4 is 28.7 Å². The van der Waals surface area contributed by atoms with Gasteiger partial charge in [0, 0.05) is 11.1 Å². The molecule has 0 amide bonds. The van der Waals surface area contributed by atoms with Gasteiger partial charge in [0.25, 0.3) is 17.4 Å². The Morgan fingerprint density at radius 2 is 1.11 bits per heavy atom. The molecule has 6 heteroatoms. The monoisotopic (exact) mass is 536 g/mol. The van der Waals surface area contributed by atoms with E-state index >= 15 is 0 Å². The van der Waals surface area contributed by atoms with Gasteiger partial charge in [-0.15, -0.1) is 0 Å². The number of rotatable bonds is 8. The Balaban J connectivity index is 2.35. The molecule has 0 aromatic heterocycles. The smallest absolute Gasteiger partial charge is 0.299 e. The SMILES string of the molecule is COc1c(C)c(C(C)(C)C)c(O[SiH](c2ccccc2)c2ccccc2)c(OC)c1O[Si](C)(C)C(C)(C)C. The first-order chi connectivity index (χ1) is 17.2. The number of benzene rings is 3. The molecule has 0 saturated heterocycles. The highest BCUT2D eigenvalue weighted by Crippen LogP contribution is 2.54. The highest BCUT2D eigenvalue weighted by molar-refractivity contribution is 6.80. The van der Waals surface area contributed by atoms with Crippen molar-refractivity contribution in [2.75, 3.05) is 14.2 Å². The van der Waals surface area contributed by atoms with Crippen LogP contribution >= 0.6 is 0 Å². The summed E-state index contributed by atoms with van der Waals surface area (Å²) in [5.74, 6) is 2.73. The Morgan fingerprint density at radius 1 is 0.649 bits per heavy atom. The van der Waals surface area contributed by atoms with Gasteiger partial charge in [0.2, 0.25) is 5.75 Å². The molecule has 3 rings (SSSR count). The van der Waals surface area contributed by atoms with Crippen LogP contribution in [0.3, 0.4) is 0 Å². The van der Waals surface area contributed by atoms with Gasteiger partial charge in [-0.25, -0.2) is 0 Å². The van der Waals surface area contributed by atoms with Crippen LogP contribution in [-0.2, 0) is 5.41 Å². The van der Waals surface area contributed by atoms with Crippen molar-refractivity contribution in [2.45, 2.75) is 72.0 Å². The minimum Gasteiger partial charge on any atom is -0.538 e. The lowest BCUT2D eigenvalue weighted by Gasteiger charge is -2.38. The van der Waals surface area contributed by atoms with Gasteiger partial charge in [-0.2, -0.15) is 0 Å². The summed E-state index contributed by atoms with van der Waals surface area (Å²) in [7, 11) is -0.954. The van der Waals surface area contributed by atoms with Gasteiger partial charge in [0.15, 0.2) is 17.2 Å². The molecule has 0 heterocycles. The van der Waals surface area contributed by atoms with Crippen molar-refractivity contribution in [1.82, 2.24) is 0 Å². The average molecular weight is 537 g/mol. The summed E-state index contributed by atoms with van der Waals surface area (Å²) in [6.45, 7) is 19.9. The van der Waals surface area contributed by atoms with E-state index in [0.717, 1.165) is 22.6 Å². The summed E-state index contributed by atoms with van der Waals surface area (Å²) in [6, 6.07) is 21.1. The predicted molar refractivity (Wildman–Crippen MR) is 161 cm³/mol. The van der Waals surface area contributed by atoms with Crippen LogP contribution in [0.25, 0.3) is 0 Å². The second-order valence-electron chi connectivity index (χ2n) is 12.2. The van der Waals surface area contributed by atoms with Gasteiger partial charge in [-0.1, -0.05) is 102 Å². The molecule has 3 aromatic rings. The van der Waals surface area contributed by atoms with E-state index in [1.807, 2.05) is 12.1 Å². The maximum Gasteiger partial charge on any atom is 0.299 e. The summed E-state index contributed by atoms with van der Waals surface area (Å²) in [4.78, 5) is 0. The zero-order chi connectivity index (χ0) is 27.6. The molecule has 3 aromatic carbocycles. The quantitative estimate of drug-likeness (QED) is 0.304. The maximum absolute atomic E-state index is 7.18. The van der Waals surface area contributed by atoms with Gasteiger partial charge in [0.05, 0.1) is 14.2 Å². The lowest BCUT2D eigenvalue weighted by Crippen LogP contribution is -2.48. The summed E-state index contributed by atoms with van der Waals surface area (Å²) in [5.41, 5.74) is 1.88. The Labute approximate surface area is 226 Å². The number of hydrogen-bond acceptors (Lipinski definition) is 4. The van der Waals surface area contributed by atoms with Crippen LogP contribution in [-0.4, -0.2) is 31.6 Å². The van der Waals surface area contributed by atoms with E-state index in [4.69, 9.17) is 18.3 Å². The number of ether oxygens (including phenoxy) is 2. The second kappa shape index (κ2) is 11.0. The average Bonchev–Trinajstić information content (AvgIpc) is 2.82. The Hall–Kier alpha value is -2.71. The Kier molecular flexibility index (Phi) is 8.55. The van der Waals surface area contributed by atoms with Crippen molar-refractivity contribution in [3.8, 4) is 23.0 Å². The largest absolute Gasteiger partial charge is 0.538 e. The zero-order valence-electron chi connectivity index (χ0n) is 24.5. The van der Waals surface area contributed by atoms with Crippen molar-refractivity contribution >= 4 is 27.7 Å². The molecule has 4 nitrogen and oxygen atoms in total. The van der Waals surface area contributed by atoms with Crippen molar-refractivity contribution in [1.29, 1.82) is 0 Å². The molecule has 0 bridgehead atoms. The van der Waals surface area contributed by atoms with E-state index in [1.54, 1.807) is 14.2 Å². The van der Waals surface area contributed by atoms with E-state index in [0.29, 0.717) is 11.5 Å². The molecule has 0 unspecified atom stereocenters. The van der Waals surface area contributed by atoms with Crippen LogP contribution in [0.4, 0.5) is 0 Å². The summed E-state index contributed by atoms with van der Waals surface area (Å²) in [5, 5.41) is 2.42. The molecule has 0 N–H and O–H groups in total. The van der Waals surface area contributed by atoms with Crippen LogP contribution in [0.15, 0.2) is 60.7 Å². The molecule has 0 aliphatic rings. The third kappa shape index (κ3) is 6.07. The van der Waals surface area contributed by atoms with E-state index in [-0.39, 0.29) is 10.5 Å². The van der Waals surface area contributed by atoms with Gasteiger partial charge < -0.3 is 18.3 Å². The molecular formula is C31H44O4Si2. The van der Waals surface area contributed by atoms with E-state index in [2.05, 4.69) is 110 Å². The second-order valence-corrected chi connectivity index (χ2v) is 19.2. The standard InChI is InChI=1S/C31H44O4Si2/c1-22-25(30(2,3)4)27(28(33-9)29(26(22)32-8)35-37(10,11)31(5,6)7)34-36(23-18-14-12-15-19-23)24-20-16-13-17-21-24/h12-21,36H,1-11H3. The first kappa shape index (κ1) is 28.9. The summed E-state index contributed by atoms with van der Waals surface area (Å²) < 4.78 is 26.3. The molecule has 0 radical (unpaired) electrons.